The van der Waals surface area contributed by atoms with Gasteiger partial charge in [0, 0.05) is 38.2 Å². The summed E-state index contributed by atoms with van der Waals surface area (Å²) in [6.07, 6.45) is 5.54. The molecule has 0 spiro atoms. The molecule has 1 aliphatic rings. The van der Waals surface area contributed by atoms with Crippen LogP contribution in [-0.4, -0.2) is 39.4 Å². The number of nitrogens with zero attached hydrogens (tertiary/aromatic N) is 4. The second-order valence-electron chi connectivity index (χ2n) is 6.81. The Kier molecular flexibility index (Phi) is 5.46. The molecular formula is C21H24N4O2. The molecule has 0 aliphatic carbocycles. The molecule has 140 valence electrons. The summed E-state index contributed by atoms with van der Waals surface area (Å²) in [6.45, 7) is 3.90. The average Bonchev–Trinajstić information content (AvgIpc) is 3.06. The number of hydrogen-bond acceptors (Lipinski definition) is 5. The van der Waals surface area contributed by atoms with Crippen molar-refractivity contribution in [3.63, 3.8) is 0 Å². The van der Waals surface area contributed by atoms with Gasteiger partial charge in [-0.05, 0) is 41.5 Å². The van der Waals surface area contributed by atoms with Crippen LogP contribution in [0.25, 0.3) is 0 Å². The number of benzene rings is 1. The third-order valence-electron chi connectivity index (χ3n) is 4.80. The van der Waals surface area contributed by atoms with Crippen LogP contribution in [0.5, 0.6) is 5.75 Å². The van der Waals surface area contributed by atoms with Crippen LogP contribution in [0.1, 0.15) is 16.8 Å². The second-order valence-corrected chi connectivity index (χ2v) is 6.81. The second kappa shape index (κ2) is 8.33. The molecule has 4 rings (SSSR count). The first-order valence-electron chi connectivity index (χ1n) is 9.16. The van der Waals surface area contributed by atoms with Crippen LogP contribution < -0.4 is 4.74 Å². The Morgan fingerprint density at radius 1 is 1.04 bits per heavy atom. The highest BCUT2D eigenvalue weighted by Crippen LogP contribution is 2.19. The maximum atomic E-state index is 6.23. The molecule has 0 radical (unpaired) electrons. The van der Waals surface area contributed by atoms with E-state index in [1.165, 1.54) is 11.3 Å². The monoisotopic (exact) mass is 364 g/mol. The first-order chi connectivity index (χ1) is 13.3. The molecule has 6 heteroatoms. The lowest BCUT2D eigenvalue weighted by atomic mass is 10.2. The summed E-state index contributed by atoms with van der Waals surface area (Å²) in [6, 6.07) is 14.3. The molecule has 0 fully saturated rings. The Morgan fingerprint density at radius 3 is 2.78 bits per heavy atom. The molecule has 0 N–H and O–H groups in total. The van der Waals surface area contributed by atoms with Crippen molar-refractivity contribution in [2.45, 2.75) is 32.3 Å². The Morgan fingerprint density at radius 2 is 1.93 bits per heavy atom. The van der Waals surface area contributed by atoms with Crippen molar-refractivity contribution in [2.75, 3.05) is 13.7 Å². The summed E-state index contributed by atoms with van der Waals surface area (Å²) >= 11 is 0. The number of methoxy groups -OCH3 is 1. The lowest BCUT2D eigenvalue weighted by molar-refractivity contribution is 0.00717. The quantitative estimate of drug-likeness (QED) is 0.673. The molecule has 3 heterocycles. The summed E-state index contributed by atoms with van der Waals surface area (Å²) < 4.78 is 13.7. The standard InChI is InChI=1S/C21H24N4O2/c1-26-20-4-2-3-18(11-20)12-24-13-19-7-10-23-25(19)15-21(14-24)27-16-17-5-8-22-9-6-17/h2-11,21H,12-16H2,1H3. The molecule has 3 aromatic rings. The highest BCUT2D eigenvalue weighted by atomic mass is 16.5. The van der Waals surface area contributed by atoms with Crippen molar-refractivity contribution in [3.8, 4) is 5.75 Å². The van der Waals surface area contributed by atoms with Gasteiger partial charge in [0.1, 0.15) is 5.75 Å². The van der Waals surface area contributed by atoms with E-state index >= 15 is 0 Å². The zero-order valence-electron chi connectivity index (χ0n) is 15.5. The molecule has 27 heavy (non-hydrogen) atoms. The molecule has 0 saturated heterocycles. The molecule has 1 unspecified atom stereocenters. The predicted molar refractivity (Wildman–Crippen MR) is 102 cm³/mol. The smallest absolute Gasteiger partial charge is 0.119 e. The van der Waals surface area contributed by atoms with Gasteiger partial charge in [0.2, 0.25) is 0 Å². The Balaban J connectivity index is 1.47. The van der Waals surface area contributed by atoms with Crippen LogP contribution in [0, 0.1) is 0 Å². The van der Waals surface area contributed by atoms with Crippen LogP contribution in [0.3, 0.4) is 0 Å². The topological polar surface area (TPSA) is 52.4 Å². The SMILES string of the molecule is COc1cccc(CN2Cc3ccnn3CC(OCc3ccncc3)C2)c1. The minimum atomic E-state index is 0.0740. The van der Waals surface area contributed by atoms with Gasteiger partial charge in [0.25, 0.3) is 0 Å². The fraction of sp³-hybridized carbons (Fsp3) is 0.333. The molecule has 1 atom stereocenters. The molecule has 2 aromatic heterocycles. The summed E-state index contributed by atoms with van der Waals surface area (Å²) in [4.78, 5) is 6.47. The largest absolute Gasteiger partial charge is 0.497 e. The minimum Gasteiger partial charge on any atom is -0.497 e. The van der Waals surface area contributed by atoms with E-state index in [0.29, 0.717) is 6.61 Å². The van der Waals surface area contributed by atoms with E-state index in [2.05, 4.69) is 37.9 Å². The number of hydrogen-bond donors (Lipinski definition) is 0. The number of fused-ring (bicyclic) bond motifs is 1. The van der Waals surface area contributed by atoms with Crippen molar-refractivity contribution in [2.24, 2.45) is 0 Å². The average molecular weight is 364 g/mol. The lowest BCUT2D eigenvalue weighted by Gasteiger charge is -2.24. The van der Waals surface area contributed by atoms with Crippen molar-refractivity contribution >= 4 is 0 Å². The number of aromatic nitrogens is 3. The third kappa shape index (κ3) is 4.53. The van der Waals surface area contributed by atoms with Gasteiger partial charge in [-0.25, -0.2) is 0 Å². The summed E-state index contributed by atoms with van der Waals surface area (Å²) in [5.74, 6) is 0.887. The van der Waals surface area contributed by atoms with Crippen LogP contribution in [0.2, 0.25) is 0 Å². The van der Waals surface area contributed by atoms with E-state index in [1.54, 1.807) is 19.5 Å². The van der Waals surface area contributed by atoms with E-state index in [-0.39, 0.29) is 6.10 Å². The van der Waals surface area contributed by atoms with Crippen molar-refractivity contribution in [1.29, 1.82) is 0 Å². The third-order valence-corrected chi connectivity index (χ3v) is 4.80. The lowest BCUT2D eigenvalue weighted by Crippen LogP contribution is -2.32. The predicted octanol–water partition coefficient (Wildman–Crippen LogP) is 2.89. The van der Waals surface area contributed by atoms with Gasteiger partial charge in [0.15, 0.2) is 0 Å². The molecule has 0 bridgehead atoms. The number of pyridine rings is 1. The molecule has 0 saturated carbocycles. The van der Waals surface area contributed by atoms with Gasteiger partial charge in [-0.2, -0.15) is 5.10 Å². The van der Waals surface area contributed by atoms with E-state index in [1.807, 2.05) is 30.5 Å². The fourth-order valence-electron chi connectivity index (χ4n) is 3.44. The van der Waals surface area contributed by atoms with Crippen molar-refractivity contribution in [3.05, 3.63) is 77.9 Å². The first-order valence-corrected chi connectivity index (χ1v) is 9.16. The zero-order valence-corrected chi connectivity index (χ0v) is 15.5. The van der Waals surface area contributed by atoms with E-state index < -0.39 is 0 Å². The normalized spacial score (nSPS) is 17.3. The highest BCUT2D eigenvalue weighted by Gasteiger charge is 2.23. The van der Waals surface area contributed by atoms with Crippen LogP contribution in [0.4, 0.5) is 0 Å². The number of ether oxygens (including phenoxy) is 2. The van der Waals surface area contributed by atoms with Gasteiger partial charge in [0.05, 0.1) is 32.1 Å². The molecule has 1 aromatic carbocycles. The van der Waals surface area contributed by atoms with Crippen molar-refractivity contribution < 1.29 is 9.47 Å². The molecular weight excluding hydrogens is 340 g/mol. The van der Waals surface area contributed by atoms with Crippen LogP contribution >= 0.6 is 0 Å². The van der Waals surface area contributed by atoms with Crippen LogP contribution in [-0.2, 0) is 31.0 Å². The van der Waals surface area contributed by atoms with Gasteiger partial charge < -0.3 is 9.47 Å². The minimum absolute atomic E-state index is 0.0740. The van der Waals surface area contributed by atoms with E-state index in [4.69, 9.17) is 9.47 Å². The molecule has 6 nitrogen and oxygen atoms in total. The Hall–Kier alpha value is -2.70. The molecule has 1 aliphatic heterocycles. The van der Waals surface area contributed by atoms with E-state index in [0.717, 1.165) is 37.5 Å². The summed E-state index contributed by atoms with van der Waals surface area (Å²) in [5.41, 5.74) is 3.58. The molecule has 0 amide bonds. The summed E-state index contributed by atoms with van der Waals surface area (Å²) in [7, 11) is 1.70. The van der Waals surface area contributed by atoms with Gasteiger partial charge in [-0.15, -0.1) is 0 Å². The van der Waals surface area contributed by atoms with Crippen LogP contribution in [0.15, 0.2) is 61.1 Å². The van der Waals surface area contributed by atoms with Gasteiger partial charge in [-0.3, -0.25) is 14.6 Å². The fourth-order valence-corrected chi connectivity index (χ4v) is 3.44. The van der Waals surface area contributed by atoms with Gasteiger partial charge in [-0.1, -0.05) is 12.1 Å². The zero-order chi connectivity index (χ0) is 18.5. The Labute approximate surface area is 159 Å². The maximum absolute atomic E-state index is 6.23. The van der Waals surface area contributed by atoms with E-state index in [9.17, 15) is 0 Å². The van der Waals surface area contributed by atoms with Crippen molar-refractivity contribution in [1.82, 2.24) is 19.7 Å². The summed E-state index contributed by atoms with van der Waals surface area (Å²) in [5, 5.41) is 4.47. The maximum Gasteiger partial charge on any atom is 0.119 e. The number of rotatable bonds is 6. The Bertz CT molecular complexity index is 865. The van der Waals surface area contributed by atoms with Gasteiger partial charge >= 0.3 is 0 Å². The first kappa shape index (κ1) is 17.7. The highest BCUT2D eigenvalue weighted by molar-refractivity contribution is 5.28.